The van der Waals surface area contributed by atoms with Gasteiger partial charge in [-0.15, -0.1) is 0 Å². The lowest BCUT2D eigenvalue weighted by Crippen LogP contribution is -2.51. The van der Waals surface area contributed by atoms with Crippen molar-refractivity contribution in [1.82, 2.24) is 10.2 Å². The second kappa shape index (κ2) is 4.81. The van der Waals surface area contributed by atoms with Crippen LogP contribution in [0.1, 0.15) is 19.8 Å². The van der Waals surface area contributed by atoms with Crippen molar-refractivity contribution in [1.29, 1.82) is 0 Å². The molecule has 3 N–H and O–H groups in total. The number of carbonyl (C=O) groups excluding carboxylic acids is 2. The van der Waals surface area contributed by atoms with Crippen molar-refractivity contribution in [2.24, 2.45) is 11.7 Å². The summed E-state index contributed by atoms with van der Waals surface area (Å²) in [4.78, 5) is 25.8. The summed E-state index contributed by atoms with van der Waals surface area (Å²) in [5.41, 5.74) is 4.74. The van der Waals surface area contributed by atoms with Crippen LogP contribution in [-0.4, -0.2) is 47.1 Å². The maximum absolute atomic E-state index is 12.4. The van der Waals surface area contributed by atoms with Crippen LogP contribution in [0.25, 0.3) is 0 Å². The molecule has 0 aliphatic carbocycles. The monoisotopic (exact) mass is 271 g/mol. The Balaban J connectivity index is 2.11. The highest BCUT2D eigenvalue weighted by Crippen LogP contribution is 2.28. The minimum absolute atomic E-state index is 0.176. The topological polar surface area (TPSA) is 84.7 Å². The number of carbonyl (C=O) groups is 2. The third kappa shape index (κ3) is 2.20. The molecule has 0 saturated carbocycles. The minimum atomic E-state index is -0.773. The van der Waals surface area contributed by atoms with Crippen LogP contribution in [0.2, 0.25) is 0 Å². The van der Waals surface area contributed by atoms with Crippen LogP contribution in [0, 0.1) is 5.92 Å². The normalized spacial score (nSPS) is 24.2. The van der Waals surface area contributed by atoms with Gasteiger partial charge in [-0.2, -0.15) is 0 Å². The molecule has 0 bridgehead atoms. The van der Waals surface area contributed by atoms with E-state index < -0.39 is 5.54 Å². The van der Waals surface area contributed by atoms with Gasteiger partial charge in [-0.05, 0) is 0 Å². The van der Waals surface area contributed by atoms with Gasteiger partial charge in [-0.25, -0.2) is 4.79 Å². The Morgan fingerprint density at radius 2 is 2.17 bits per heavy atom. The number of nitrogens with zero attached hydrogens (tertiary/aromatic N) is 1. The first-order chi connectivity index (χ1) is 8.46. The molecule has 7 heteroatoms. The molecule has 3 amide bonds. The van der Waals surface area contributed by atoms with Gasteiger partial charge >= 0.3 is 6.03 Å². The fourth-order valence-electron chi connectivity index (χ4n) is 2.26. The Morgan fingerprint density at radius 3 is 2.72 bits per heavy atom. The third-order valence-electron chi connectivity index (χ3n) is 3.53. The zero-order valence-electron chi connectivity index (χ0n) is 10.3. The van der Waals surface area contributed by atoms with E-state index in [9.17, 15) is 9.59 Å². The summed E-state index contributed by atoms with van der Waals surface area (Å²) in [6.45, 7) is 3.02. The number of amides is 3. The molecule has 18 heavy (non-hydrogen) atoms. The predicted molar refractivity (Wildman–Crippen MR) is 69.0 cm³/mol. The van der Waals surface area contributed by atoms with Gasteiger partial charge in [-0.3, -0.25) is 9.69 Å². The number of imide groups is 1. The van der Waals surface area contributed by atoms with Crippen LogP contribution in [0.4, 0.5) is 4.79 Å². The maximum atomic E-state index is 12.4. The molecule has 2 heterocycles. The number of thiocarbonyl (C=S) groups is 1. The van der Waals surface area contributed by atoms with E-state index in [1.54, 1.807) is 6.92 Å². The number of urea groups is 1. The van der Waals surface area contributed by atoms with Crippen molar-refractivity contribution in [3.63, 3.8) is 0 Å². The Hall–Kier alpha value is -1.21. The average molecular weight is 271 g/mol. The summed E-state index contributed by atoms with van der Waals surface area (Å²) in [5.74, 6) is -0.358. The number of ether oxygens (including phenoxy) is 1. The molecule has 1 unspecified atom stereocenters. The zero-order valence-corrected chi connectivity index (χ0v) is 11.1. The molecule has 0 aromatic heterocycles. The molecule has 0 aromatic carbocycles. The van der Waals surface area contributed by atoms with Gasteiger partial charge < -0.3 is 15.8 Å². The molecule has 2 fully saturated rings. The van der Waals surface area contributed by atoms with Crippen molar-refractivity contribution in [3.8, 4) is 0 Å². The van der Waals surface area contributed by atoms with Crippen LogP contribution in [-0.2, 0) is 9.53 Å². The molecule has 2 aliphatic heterocycles. The number of rotatable bonds is 3. The zero-order chi connectivity index (χ0) is 13.3. The van der Waals surface area contributed by atoms with Crippen molar-refractivity contribution in [2.45, 2.75) is 25.3 Å². The lowest BCUT2D eigenvalue weighted by atomic mass is 9.90. The van der Waals surface area contributed by atoms with E-state index in [1.807, 2.05) is 0 Å². The van der Waals surface area contributed by atoms with Gasteiger partial charge in [-0.1, -0.05) is 19.1 Å². The molecule has 0 aromatic rings. The van der Waals surface area contributed by atoms with E-state index in [1.165, 1.54) is 4.90 Å². The first-order valence-corrected chi connectivity index (χ1v) is 6.38. The van der Waals surface area contributed by atoms with E-state index in [4.69, 9.17) is 22.7 Å². The predicted octanol–water partition coefficient (Wildman–Crippen LogP) is 0.00960. The van der Waals surface area contributed by atoms with Crippen molar-refractivity contribution < 1.29 is 14.3 Å². The molecule has 2 aliphatic rings. The molecule has 0 radical (unpaired) electrons. The fraction of sp³-hybridized carbons (Fsp3) is 0.727. The quantitative estimate of drug-likeness (QED) is 0.558. The Bertz CT molecular complexity index is 393. The largest absolute Gasteiger partial charge is 0.393 e. The van der Waals surface area contributed by atoms with E-state index in [0.717, 1.165) is 0 Å². The average Bonchev–Trinajstić information content (AvgIpc) is 2.55. The highest BCUT2D eigenvalue weighted by atomic mass is 32.1. The van der Waals surface area contributed by atoms with E-state index in [2.05, 4.69) is 5.32 Å². The highest BCUT2D eigenvalue weighted by Gasteiger charge is 2.51. The Morgan fingerprint density at radius 1 is 1.56 bits per heavy atom. The van der Waals surface area contributed by atoms with E-state index in [-0.39, 0.29) is 24.4 Å². The highest BCUT2D eigenvalue weighted by molar-refractivity contribution is 7.80. The molecular weight excluding hydrogens is 254 g/mol. The smallest absolute Gasteiger partial charge is 0.325 e. The lowest BCUT2D eigenvalue weighted by Gasteiger charge is -2.30. The van der Waals surface area contributed by atoms with Crippen LogP contribution in [0.15, 0.2) is 0 Å². The fourth-order valence-corrected chi connectivity index (χ4v) is 2.34. The number of nitrogens with one attached hydrogen (secondary N) is 1. The summed E-state index contributed by atoms with van der Waals surface area (Å²) in [5, 5.41) is 2.79. The summed E-state index contributed by atoms with van der Waals surface area (Å²) in [6.07, 6.45) is 1.05. The summed E-state index contributed by atoms with van der Waals surface area (Å²) < 4.78 is 5.23. The third-order valence-corrected chi connectivity index (χ3v) is 3.94. The van der Waals surface area contributed by atoms with E-state index >= 15 is 0 Å². The van der Waals surface area contributed by atoms with E-state index in [0.29, 0.717) is 31.0 Å². The maximum Gasteiger partial charge on any atom is 0.325 e. The minimum Gasteiger partial charge on any atom is -0.393 e. The van der Waals surface area contributed by atoms with Gasteiger partial charge in [0.25, 0.3) is 5.91 Å². The number of hydrogen-bond donors (Lipinski definition) is 2. The van der Waals surface area contributed by atoms with Crippen molar-refractivity contribution in [3.05, 3.63) is 0 Å². The van der Waals surface area contributed by atoms with Gasteiger partial charge in [0, 0.05) is 38.5 Å². The Labute approximate surface area is 111 Å². The summed E-state index contributed by atoms with van der Waals surface area (Å²) in [6, 6.07) is -0.356. The Kier molecular flexibility index (Phi) is 3.54. The van der Waals surface area contributed by atoms with Gasteiger partial charge in [0.1, 0.15) is 5.54 Å². The van der Waals surface area contributed by atoms with Gasteiger partial charge in [0.15, 0.2) is 0 Å². The van der Waals surface area contributed by atoms with Crippen molar-refractivity contribution in [2.75, 3.05) is 19.8 Å². The second-order valence-corrected chi connectivity index (χ2v) is 5.32. The summed E-state index contributed by atoms with van der Waals surface area (Å²) >= 11 is 4.87. The van der Waals surface area contributed by atoms with Gasteiger partial charge in [0.2, 0.25) is 0 Å². The molecular formula is C11H17N3O3S. The lowest BCUT2D eigenvalue weighted by molar-refractivity contribution is -0.134. The SMILES string of the molecule is CC(CN1C(=O)NC2(CCOCC2)C1=O)C(N)=S. The molecule has 2 saturated heterocycles. The van der Waals surface area contributed by atoms with Crippen LogP contribution in [0.5, 0.6) is 0 Å². The second-order valence-electron chi connectivity index (χ2n) is 4.84. The van der Waals surface area contributed by atoms with Gasteiger partial charge in [0.05, 0.1) is 4.99 Å². The molecule has 100 valence electrons. The molecule has 6 nitrogen and oxygen atoms in total. The van der Waals surface area contributed by atoms with Crippen LogP contribution >= 0.6 is 12.2 Å². The number of nitrogens with two attached hydrogens (primary N) is 1. The first-order valence-electron chi connectivity index (χ1n) is 5.97. The van der Waals surface area contributed by atoms with Crippen molar-refractivity contribution >= 4 is 29.1 Å². The van der Waals surface area contributed by atoms with Crippen LogP contribution < -0.4 is 11.1 Å². The first kappa shape index (κ1) is 13.2. The molecule has 2 rings (SSSR count). The summed E-state index contributed by atoms with van der Waals surface area (Å²) in [7, 11) is 0. The molecule has 1 spiro atoms. The van der Waals surface area contributed by atoms with Crippen LogP contribution in [0.3, 0.4) is 0 Å². The molecule has 1 atom stereocenters. The standard InChI is InChI=1S/C11H17N3O3S/c1-7(8(12)18)6-14-9(15)11(13-10(14)16)2-4-17-5-3-11/h7H,2-6H2,1H3,(H2,12,18)(H,13,16). The number of hydrogen-bond acceptors (Lipinski definition) is 4.